The first-order valence-electron chi connectivity index (χ1n) is 4.61. The first kappa shape index (κ1) is 12.0. The molecule has 6 nitrogen and oxygen atoms in total. The highest BCUT2D eigenvalue weighted by Crippen LogP contribution is 2.14. The molecule has 0 radical (unpaired) electrons. The molecule has 0 unspecified atom stereocenters. The molecule has 7 heteroatoms. The fraction of sp³-hybridized carbons (Fsp3) is 0.625. The monoisotopic (exact) mass is 233 g/mol. The van der Waals surface area contributed by atoms with E-state index >= 15 is 0 Å². The quantitative estimate of drug-likeness (QED) is 0.760. The Hall–Kier alpha value is -1.08. The van der Waals surface area contributed by atoms with Gasteiger partial charge in [-0.15, -0.1) is 0 Å². The fourth-order valence-corrected chi connectivity index (χ4v) is 1.96. The highest BCUT2D eigenvalue weighted by atomic mass is 32.2. The van der Waals surface area contributed by atoms with E-state index in [0.29, 0.717) is 5.82 Å². The number of hydrogen-bond donors (Lipinski definition) is 2. The van der Waals surface area contributed by atoms with Crippen molar-refractivity contribution in [1.82, 2.24) is 9.78 Å². The molecular weight excluding hydrogens is 218 g/mol. The van der Waals surface area contributed by atoms with Crippen molar-refractivity contribution in [3.05, 3.63) is 12.3 Å². The molecule has 0 spiro atoms. The molecule has 0 aliphatic carbocycles. The number of hydrogen-bond acceptors (Lipinski definition) is 4. The van der Waals surface area contributed by atoms with Crippen LogP contribution in [0.15, 0.2) is 12.3 Å². The Bertz CT molecular complexity index is 411. The van der Waals surface area contributed by atoms with Gasteiger partial charge >= 0.3 is 0 Å². The van der Waals surface area contributed by atoms with Crippen LogP contribution in [-0.4, -0.2) is 35.7 Å². The minimum Gasteiger partial charge on any atom is -0.395 e. The summed E-state index contributed by atoms with van der Waals surface area (Å²) in [7, 11) is -3.47. The summed E-state index contributed by atoms with van der Waals surface area (Å²) in [6, 6.07) is 1.65. The Morgan fingerprint density at radius 1 is 1.60 bits per heavy atom. The Kier molecular flexibility index (Phi) is 3.70. The van der Waals surface area contributed by atoms with Gasteiger partial charge in [-0.1, -0.05) is 0 Å². The number of nitrogens with one attached hydrogen (secondary N) is 1. The predicted molar refractivity (Wildman–Crippen MR) is 57.1 cm³/mol. The van der Waals surface area contributed by atoms with Crippen molar-refractivity contribution in [1.29, 1.82) is 0 Å². The van der Waals surface area contributed by atoms with Crippen LogP contribution in [0.5, 0.6) is 0 Å². The lowest BCUT2D eigenvalue weighted by molar-refractivity contribution is 0.320. The van der Waals surface area contributed by atoms with Crippen LogP contribution >= 0.6 is 0 Å². The summed E-state index contributed by atoms with van der Waals surface area (Å²) in [6.07, 6.45) is 1.52. The maximum absolute atomic E-state index is 11.4. The number of aromatic nitrogens is 2. The number of aliphatic hydroxyl groups excluding tert-OH is 1. The largest absolute Gasteiger partial charge is 0.395 e. The normalized spacial score (nSPS) is 12.0. The number of rotatable bonds is 5. The van der Waals surface area contributed by atoms with Crippen molar-refractivity contribution < 1.29 is 13.5 Å². The van der Waals surface area contributed by atoms with E-state index in [-0.39, 0.29) is 11.8 Å². The van der Waals surface area contributed by atoms with Crippen molar-refractivity contribution in [2.24, 2.45) is 0 Å². The van der Waals surface area contributed by atoms with E-state index in [0.717, 1.165) is 0 Å². The van der Waals surface area contributed by atoms with Crippen LogP contribution in [0.2, 0.25) is 0 Å². The summed E-state index contributed by atoms with van der Waals surface area (Å²) in [4.78, 5) is 0. The maximum atomic E-state index is 11.4. The number of sulfonamides is 1. The molecule has 2 N–H and O–H groups in total. The van der Waals surface area contributed by atoms with Crippen LogP contribution in [-0.2, 0) is 10.0 Å². The summed E-state index contributed by atoms with van der Waals surface area (Å²) < 4.78 is 26.6. The molecule has 15 heavy (non-hydrogen) atoms. The lowest BCUT2D eigenvalue weighted by atomic mass is 10.4. The van der Waals surface area contributed by atoms with E-state index in [2.05, 4.69) is 9.82 Å². The van der Waals surface area contributed by atoms with Crippen LogP contribution in [0.4, 0.5) is 5.82 Å². The third kappa shape index (κ3) is 3.21. The van der Waals surface area contributed by atoms with Crippen molar-refractivity contribution in [2.75, 3.05) is 17.1 Å². The van der Waals surface area contributed by atoms with E-state index in [4.69, 9.17) is 5.11 Å². The highest BCUT2D eigenvalue weighted by Gasteiger charge is 2.13. The van der Waals surface area contributed by atoms with Gasteiger partial charge in [0.05, 0.1) is 18.6 Å². The van der Waals surface area contributed by atoms with Gasteiger partial charge in [0, 0.05) is 12.1 Å². The first-order chi connectivity index (χ1) is 6.96. The SMILES string of the molecule is CC(C)n1nccc1NS(=O)(=O)CCO. The summed E-state index contributed by atoms with van der Waals surface area (Å²) in [6.45, 7) is 3.40. The molecule has 1 aromatic rings. The molecule has 0 fully saturated rings. The van der Waals surface area contributed by atoms with E-state index in [1.165, 1.54) is 6.20 Å². The molecule has 86 valence electrons. The molecule has 0 atom stereocenters. The van der Waals surface area contributed by atoms with Crippen LogP contribution in [0, 0.1) is 0 Å². The van der Waals surface area contributed by atoms with Gasteiger partial charge in [-0.2, -0.15) is 5.10 Å². The molecule has 0 amide bonds. The van der Waals surface area contributed by atoms with Crippen LogP contribution in [0.1, 0.15) is 19.9 Å². The number of nitrogens with zero attached hydrogens (tertiary/aromatic N) is 2. The van der Waals surface area contributed by atoms with Crippen LogP contribution in [0.25, 0.3) is 0 Å². The zero-order valence-corrected chi connectivity index (χ0v) is 9.53. The average molecular weight is 233 g/mol. The molecule has 0 aromatic carbocycles. The molecule has 0 saturated heterocycles. The van der Waals surface area contributed by atoms with Gasteiger partial charge in [-0.3, -0.25) is 4.72 Å². The molecule has 0 aliphatic heterocycles. The van der Waals surface area contributed by atoms with Gasteiger partial charge in [0.2, 0.25) is 10.0 Å². The van der Waals surface area contributed by atoms with Crippen molar-refractivity contribution in [3.63, 3.8) is 0 Å². The summed E-state index contributed by atoms with van der Waals surface area (Å²) in [5, 5.41) is 12.6. The standard InChI is InChI=1S/C8H15N3O3S/c1-7(2)11-8(3-4-9-11)10-15(13,14)6-5-12/h3-4,7,10,12H,5-6H2,1-2H3. The van der Waals surface area contributed by atoms with Gasteiger partial charge in [-0.05, 0) is 13.8 Å². The molecule has 0 saturated carbocycles. The molecular formula is C8H15N3O3S. The fourth-order valence-electron chi connectivity index (χ4n) is 1.14. The maximum Gasteiger partial charge on any atom is 0.236 e. The van der Waals surface area contributed by atoms with E-state index in [1.807, 2.05) is 13.8 Å². The first-order valence-corrected chi connectivity index (χ1v) is 6.26. The van der Waals surface area contributed by atoms with Crippen LogP contribution in [0.3, 0.4) is 0 Å². The van der Waals surface area contributed by atoms with Crippen LogP contribution < -0.4 is 4.72 Å². The van der Waals surface area contributed by atoms with Gasteiger partial charge in [0.15, 0.2) is 0 Å². The molecule has 1 rings (SSSR count). The number of anilines is 1. The van der Waals surface area contributed by atoms with Crippen molar-refractivity contribution >= 4 is 15.8 Å². The van der Waals surface area contributed by atoms with E-state index in [9.17, 15) is 8.42 Å². The van der Waals surface area contributed by atoms with E-state index < -0.39 is 16.6 Å². The van der Waals surface area contributed by atoms with Crippen molar-refractivity contribution in [2.45, 2.75) is 19.9 Å². The lowest BCUT2D eigenvalue weighted by Crippen LogP contribution is -2.21. The summed E-state index contributed by atoms with van der Waals surface area (Å²) in [5.74, 6) is 0.106. The zero-order valence-electron chi connectivity index (χ0n) is 8.71. The Balaban J connectivity index is 2.85. The van der Waals surface area contributed by atoms with Gasteiger partial charge in [-0.25, -0.2) is 13.1 Å². The predicted octanol–water partition coefficient (Wildman–Crippen LogP) is 0.198. The summed E-state index contributed by atoms with van der Waals surface area (Å²) >= 11 is 0. The minimum absolute atomic E-state index is 0.0758. The van der Waals surface area contributed by atoms with Gasteiger partial charge < -0.3 is 5.11 Å². The Morgan fingerprint density at radius 3 is 2.80 bits per heavy atom. The average Bonchev–Trinajstić information content (AvgIpc) is 2.50. The Labute approximate surface area is 89.0 Å². The lowest BCUT2D eigenvalue weighted by Gasteiger charge is -2.12. The second-order valence-electron chi connectivity index (χ2n) is 3.40. The van der Waals surface area contributed by atoms with Crippen molar-refractivity contribution in [3.8, 4) is 0 Å². The molecule has 0 aliphatic rings. The topological polar surface area (TPSA) is 84.2 Å². The second kappa shape index (κ2) is 4.63. The molecule has 1 heterocycles. The zero-order chi connectivity index (χ0) is 11.5. The van der Waals surface area contributed by atoms with Gasteiger partial charge in [0.25, 0.3) is 0 Å². The van der Waals surface area contributed by atoms with E-state index in [1.54, 1.807) is 10.7 Å². The Morgan fingerprint density at radius 2 is 2.27 bits per heavy atom. The van der Waals surface area contributed by atoms with Gasteiger partial charge in [0.1, 0.15) is 5.82 Å². The highest BCUT2D eigenvalue weighted by molar-refractivity contribution is 7.92. The second-order valence-corrected chi connectivity index (χ2v) is 5.24. The summed E-state index contributed by atoms with van der Waals surface area (Å²) in [5.41, 5.74) is 0. The minimum atomic E-state index is -3.47. The third-order valence-corrected chi connectivity index (χ3v) is 3.02. The smallest absolute Gasteiger partial charge is 0.236 e. The molecule has 1 aromatic heterocycles. The molecule has 0 bridgehead atoms. The third-order valence-electron chi connectivity index (χ3n) is 1.78. The number of aliphatic hydroxyl groups is 1.